The summed E-state index contributed by atoms with van der Waals surface area (Å²) in [6.45, 7) is -0.510. The van der Waals surface area contributed by atoms with E-state index < -0.39 is 52.0 Å². The Morgan fingerprint density at radius 1 is 0.762 bits per heavy atom. The molecule has 1 fully saturated rings. The van der Waals surface area contributed by atoms with E-state index in [0.29, 0.717) is 27.1 Å². The van der Waals surface area contributed by atoms with E-state index in [0.717, 1.165) is 10.5 Å². The van der Waals surface area contributed by atoms with Crippen LogP contribution in [0.15, 0.2) is 96.4 Å². The number of nitrogens with zero attached hydrogens (tertiary/aromatic N) is 1. The van der Waals surface area contributed by atoms with E-state index >= 15 is 0 Å². The first-order valence-electron chi connectivity index (χ1n) is 13.5. The van der Waals surface area contributed by atoms with Gasteiger partial charge in [-0.3, -0.25) is 19.3 Å². The van der Waals surface area contributed by atoms with Crippen LogP contribution in [-0.2, 0) is 35.3 Å². The summed E-state index contributed by atoms with van der Waals surface area (Å²) in [7, 11) is 0. The molecule has 6 nitrogen and oxygen atoms in total. The summed E-state index contributed by atoms with van der Waals surface area (Å²) in [5.41, 5.74) is 3.42. The summed E-state index contributed by atoms with van der Waals surface area (Å²) < 4.78 is 5.47. The van der Waals surface area contributed by atoms with Crippen molar-refractivity contribution in [2.24, 2.45) is 11.8 Å². The van der Waals surface area contributed by atoms with Gasteiger partial charge in [0.25, 0.3) is 0 Å². The Morgan fingerprint density at radius 2 is 1.26 bits per heavy atom. The average molecular weight is 617 g/mol. The third kappa shape index (κ3) is 3.70. The third-order valence-electron chi connectivity index (χ3n) is 8.62. The first-order chi connectivity index (χ1) is 20.3. The molecule has 9 heteroatoms. The lowest BCUT2D eigenvalue weighted by Gasteiger charge is -2.54. The minimum Gasteiger partial charge on any atom is -0.456 e. The molecule has 0 saturated carbocycles. The number of rotatable bonds is 7. The molecule has 1 aliphatic heterocycles. The number of likely N-dealkylation sites (tertiary alicyclic amines) is 1. The highest BCUT2D eigenvalue weighted by Gasteiger charge is 2.73. The zero-order valence-corrected chi connectivity index (χ0v) is 24.4. The monoisotopic (exact) mass is 615 g/mol. The number of imide groups is 1. The van der Waals surface area contributed by atoms with Crippen molar-refractivity contribution >= 4 is 58.1 Å². The van der Waals surface area contributed by atoms with Crippen LogP contribution in [0.5, 0.6) is 0 Å². The smallest absolute Gasteiger partial charge is 0.330 e. The molecule has 0 radical (unpaired) electrons. The van der Waals surface area contributed by atoms with Gasteiger partial charge in [0.2, 0.25) is 17.6 Å². The van der Waals surface area contributed by atoms with E-state index in [2.05, 4.69) is 0 Å². The fraction of sp³-hybridized carbons (Fsp3) is 0.212. The minimum absolute atomic E-state index is 0.00819. The minimum atomic E-state index is -1.37. The molecule has 1 saturated heterocycles. The number of alkyl halides is 2. The molecule has 4 aliphatic rings. The molecule has 8 rings (SSSR count). The number of hydrogen-bond donors (Lipinski definition) is 0. The third-order valence-corrected chi connectivity index (χ3v) is 10.8. The second kappa shape index (κ2) is 9.90. The van der Waals surface area contributed by atoms with Crippen molar-refractivity contribution in [3.05, 3.63) is 129 Å². The Bertz CT molecular complexity index is 1630. The van der Waals surface area contributed by atoms with E-state index in [1.165, 1.54) is 11.3 Å². The number of Topliss-reactive ketones (excluding diaryl/α,β-unsaturated/α-hetero) is 1. The Morgan fingerprint density at radius 3 is 1.74 bits per heavy atom. The summed E-state index contributed by atoms with van der Waals surface area (Å²) in [5, 5.41) is 1.75. The average Bonchev–Trinajstić information content (AvgIpc) is 3.65. The summed E-state index contributed by atoms with van der Waals surface area (Å²) in [4.78, 5) is 53.9. The van der Waals surface area contributed by atoms with Crippen molar-refractivity contribution in [1.82, 2.24) is 4.90 Å². The van der Waals surface area contributed by atoms with Crippen molar-refractivity contribution in [3.8, 4) is 0 Å². The fourth-order valence-corrected chi connectivity index (χ4v) is 8.60. The molecular weight excluding hydrogens is 593 g/mol. The number of halogens is 2. The first kappa shape index (κ1) is 27.1. The van der Waals surface area contributed by atoms with Crippen LogP contribution in [0, 0.1) is 11.8 Å². The van der Waals surface area contributed by atoms with Crippen LogP contribution in [0.2, 0.25) is 0 Å². The summed E-state index contributed by atoms with van der Waals surface area (Å²) in [6.07, 6.45) is 0.00819. The van der Waals surface area contributed by atoms with Crippen molar-refractivity contribution in [1.29, 1.82) is 0 Å². The zero-order chi connectivity index (χ0) is 29.2. The molecule has 0 spiro atoms. The number of esters is 1. The summed E-state index contributed by atoms with van der Waals surface area (Å²) in [5.74, 6) is -4.49. The second-order valence-corrected chi connectivity index (χ2v) is 12.9. The molecular formula is C33H23Cl2NO5S. The molecule has 3 atom stereocenters. The van der Waals surface area contributed by atoms with Crippen molar-refractivity contribution in [2.75, 3.05) is 6.61 Å². The van der Waals surface area contributed by atoms with Crippen LogP contribution in [0.1, 0.15) is 37.5 Å². The maximum Gasteiger partial charge on any atom is 0.330 e. The standard InChI is InChI=1S/C33H23Cl2NO5S/c34-32-20-11-4-5-12-21(20)33(35,23-14-7-6-13-22(23)32)28-27(32)29(38)36(30(28)39)24(17-19-9-2-1-3-10-19)31(40)41-18-25(37)26-15-8-16-42-26/h1-16,24,27-28H,17-18H2/t24-,27-,28+,32?,33?/m1/s1. The highest BCUT2D eigenvalue weighted by molar-refractivity contribution is 7.12. The Kier molecular flexibility index (Phi) is 6.38. The van der Waals surface area contributed by atoms with Gasteiger partial charge in [0.1, 0.15) is 15.8 Å². The van der Waals surface area contributed by atoms with Crippen molar-refractivity contribution in [2.45, 2.75) is 22.2 Å². The predicted molar refractivity (Wildman–Crippen MR) is 159 cm³/mol. The van der Waals surface area contributed by atoms with E-state index in [1.54, 1.807) is 41.8 Å². The lowest BCUT2D eigenvalue weighted by atomic mass is 9.54. The largest absolute Gasteiger partial charge is 0.456 e. The van der Waals surface area contributed by atoms with Gasteiger partial charge in [-0.05, 0) is 39.3 Å². The molecule has 2 bridgehead atoms. The van der Waals surface area contributed by atoms with Crippen LogP contribution < -0.4 is 0 Å². The van der Waals surface area contributed by atoms with Crippen LogP contribution >= 0.6 is 34.5 Å². The van der Waals surface area contributed by atoms with Crippen LogP contribution in [0.25, 0.3) is 0 Å². The number of benzene rings is 3. The summed E-state index contributed by atoms with van der Waals surface area (Å²) >= 11 is 16.3. The first-order valence-corrected chi connectivity index (χ1v) is 15.1. The number of hydrogen-bond acceptors (Lipinski definition) is 6. The van der Waals surface area contributed by atoms with Gasteiger partial charge < -0.3 is 4.74 Å². The normalized spacial score (nSPS) is 25.9. The molecule has 1 aromatic heterocycles. The molecule has 0 N–H and O–H groups in total. The lowest BCUT2D eigenvalue weighted by Crippen LogP contribution is -2.57. The predicted octanol–water partition coefficient (Wildman–Crippen LogP) is 5.68. The van der Waals surface area contributed by atoms with Gasteiger partial charge in [-0.2, -0.15) is 0 Å². The van der Waals surface area contributed by atoms with Gasteiger partial charge in [0.15, 0.2) is 6.61 Å². The number of carbonyl (C=O) groups excluding carboxylic acids is 4. The van der Waals surface area contributed by atoms with Crippen LogP contribution in [0.4, 0.5) is 0 Å². The number of ether oxygens (including phenoxy) is 1. The van der Waals surface area contributed by atoms with Gasteiger partial charge in [0.05, 0.1) is 16.7 Å². The molecule has 4 aromatic rings. The van der Waals surface area contributed by atoms with Crippen LogP contribution in [-0.4, -0.2) is 41.1 Å². The topological polar surface area (TPSA) is 80.8 Å². The van der Waals surface area contributed by atoms with E-state index in [1.807, 2.05) is 54.6 Å². The van der Waals surface area contributed by atoms with Crippen molar-refractivity contribution < 1.29 is 23.9 Å². The van der Waals surface area contributed by atoms with Gasteiger partial charge in [0, 0.05) is 6.42 Å². The molecule has 42 heavy (non-hydrogen) atoms. The lowest BCUT2D eigenvalue weighted by molar-refractivity contribution is -0.158. The second-order valence-electron chi connectivity index (χ2n) is 10.7. The number of ketones is 1. The summed E-state index contributed by atoms with van der Waals surface area (Å²) in [6, 6.07) is 25.8. The maximum atomic E-state index is 14.5. The Hall–Kier alpha value is -3.78. The van der Waals surface area contributed by atoms with E-state index in [9.17, 15) is 19.2 Å². The van der Waals surface area contributed by atoms with E-state index in [-0.39, 0.29) is 12.2 Å². The highest BCUT2D eigenvalue weighted by Crippen LogP contribution is 2.69. The van der Waals surface area contributed by atoms with Gasteiger partial charge in [-0.15, -0.1) is 34.5 Å². The number of carbonyl (C=O) groups is 4. The molecule has 0 unspecified atom stereocenters. The SMILES string of the molecule is O=C(COC(=O)[C@@H](Cc1ccccc1)N1C(=O)[C@@H]2[C@H](C1=O)C1(Cl)c3ccccc3C2(Cl)c2ccccc21)c1cccs1. The van der Waals surface area contributed by atoms with Crippen molar-refractivity contribution in [3.63, 3.8) is 0 Å². The Balaban J connectivity index is 1.31. The number of thiophene rings is 1. The zero-order valence-electron chi connectivity index (χ0n) is 22.0. The fourth-order valence-electron chi connectivity index (χ4n) is 6.85. The van der Waals surface area contributed by atoms with Gasteiger partial charge >= 0.3 is 5.97 Å². The van der Waals surface area contributed by atoms with Gasteiger partial charge in [-0.25, -0.2) is 4.79 Å². The maximum absolute atomic E-state index is 14.5. The molecule has 210 valence electrons. The molecule has 3 aromatic carbocycles. The molecule has 3 aliphatic carbocycles. The molecule has 2 heterocycles. The molecule has 2 amide bonds. The quantitative estimate of drug-likeness (QED) is 0.116. The number of amides is 2. The van der Waals surface area contributed by atoms with E-state index in [4.69, 9.17) is 27.9 Å². The Labute approximate surface area is 255 Å². The van der Waals surface area contributed by atoms with Gasteiger partial charge in [-0.1, -0.05) is 84.9 Å². The van der Waals surface area contributed by atoms with Crippen LogP contribution in [0.3, 0.4) is 0 Å². The highest BCUT2D eigenvalue weighted by atomic mass is 35.5.